The molecule has 12 heteroatoms. The fourth-order valence-electron chi connectivity index (χ4n) is 8.86. The van der Waals surface area contributed by atoms with Crippen molar-refractivity contribution < 1.29 is 46.5 Å². The first-order valence-corrected chi connectivity index (χ1v) is 15.1. The van der Waals surface area contributed by atoms with E-state index in [0.717, 1.165) is 16.7 Å². The van der Waals surface area contributed by atoms with Gasteiger partial charge in [0.2, 0.25) is 0 Å². The van der Waals surface area contributed by atoms with Gasteiger partial charge in [0.1, 0.15) is 5.60 Å². The topological polar surface area (TPSA) is 98.2 Å². The van der Waals surface area contributed by atoms with Crippen molar-refractivity contribution in [2.75, 3.05) is 26.2 Å². The van der Waals surface area contributed by atoms with Crippen LogP contribution >= 0.6 is 0 Å². The van der Waals surface area contributed by atoms with E-state index in [4.69, 9.17) is 0 Å². The molecule has 2 N–H and O–H groups in total. The second-order valence-corrected chi connectivity index (χ2v) is 13.2. The number of piperazine rings is 1. The first-order chi connectivity index (χ1) is 20.6. The molecule has 1 saturated heterocycles. The average molecular weight is 623 g/mol. The van der Waals surface area contributed by atoms with Crippen molar-refractivity contribution in [2.24, 2.45) is 17.3 Å². The number of nitrogens with zero attached hydrogens (tertiary/aromatic N) is 2. The summed E-state index contributed by atoms with van der Waals surface area (Å²) in [6, 6.07) is 6.60. The predicted molar refractivity (Wildman–Crippen MR) is 148 cm³/mol. The Morgan fingerprint density at radius 1 is 0.932 bits per heavy atom. The molecular formula is C32H35F5N2O5. The highest BCUT2D eigenvalue weighted by atomic mass is 19.4. The second-order valence-electron chi connectivity index (χ2n) is 13.2. The molecule has 4 aliphatic carbocycles. The lowest BCUT2D eigenvalue weighted by atomic mass is 9.50. The van der Waals surface area contributed by atoms with Gasteiger partial charge in [-0.15, -0.1) is 0 Å². The first-order valence-electron chi connectivity index (χ1n) is 15.1. The van der Waals surface area contributed by atoms with Gasteiger partial charge in [-0.25, -0.2) is 4.79 Å². The van der Waals surface area contributed by atoms with E-state index < -0.39 is 47.5 Å². The minimum absolute atomic E-state index is 0.00659. The van der Waals surface area contributed by atoms with Crippen molar-refractivity contribution in [3.8, 4) is 0 Å². The van der Waals surface area contributed by atoms with Crippen LogP contribution in [-0.2, 0) is 4.79 Å². The van der Waals surface area contributed by atoms with Crippen LogP contribution in [0.5, 0.6) is 0 Å². The number of aliphatic hydroxyl groups is 1. The fourth-order valence-corrected chi connectivity index (χ4v) is 8.86. The van der Waals surface area contributed by atoms with Crippen LogP contribution in [0.4, 0.5) is 26.7 Å². The molecule has 1 aromatic carbocycles. The summed E-state index contributed by atoms with van der Waals surface area (Å²) in [7, 11) is 0. The monoisotopic (exact) mass is 622 g/mol. The Morgan fingerprint density at radius 3 is 2.18 bits per heavy atom. The molecule has 1 aromatic rings. The van der Waals surface area contributed by atoms with Crippen LogP contribution in [-0.4, -0.2) is 81.7 Å². The van der Waals surface area contributed by atoms with Crippen molar-refractivity contribution in [3.05, 3.63) is 58.2 Å². The third kappa shape index (κ3) is 4.49. The normalized spacial score (nSPS) is 32.6. The van der Waals surface area contributed by atoms with Gasteiger partial charge < -0.3 is 20.0 Å². The number of hydrogen-bond acceptors (Lipinski definition) is 4. The smallest absolute Gasteiger partial charge is 0.456 e. The van der Waals surface area contributed by atoms with Crippen LogP contribution in [0.3, 0.4) is 0 Å². The molecular weight excluding hydrogens is 587 g/mol. The summed E-state index contributed by atoms with van der Waals surface area (Å²) in [5.41, 5.74) is -1.22. The molecule has 2 saturated carbocycles. The number of halogens is 5. The lowest BCUT2D eigenvalue weighted by molar-refractivity contribution is -0.362. The number of carboxylic acid groups (broad SMARTS) is 1. The number of alkyl halides is 5. The number of ketones is 1. The molecule has 3 fully saturated rings. The Hall–Kier alpha value is -3.28. The Balaban J connectivity index is 1.38. The van der Waals surface area contributed by atoms with Crippen LogP contribution in [0.2, 0.25) is 0 Å². The molecule has 0 radical (unpaired) electrons. The number of carbonyl (C=O) groups excluding carboxylic acids is 2. The lowest BCUT2D eigenvalue weighted by Gasteiger charge is -2.56. The highest BCUT2D eigenvalue weighted by Crippen LogP contribution is 2.70. The van der Waals surface area contributed by atoms with Crippen molar-refractivity contribution in [1.82, 2.24) is 9.80 Å². The molecule has 6 rings (SSSR count). The molecule has 0 aromatic heterocycles. The highest BCUT2D eigenvalue weighted by molar-refractivity contribution is 5.94. The summed E-state index contributed by atoms with van der Waals surface area (Å²) >= 11 is 0. The van der Waals surface area contributed by atoms with Crippen LogP contribution in [0.1, 0.15) is 73.7 Å². The van der Waals surface area contributed by atoms with Crippen LogP contribution in [0.25, 0.3) is 0 Å². The molecule has 1 heterocycles. The first kappa shape index (κ1) is 30.7. The Bertz CT molecular complexity index is 1450. The molecule has 5 atom stereocenters. The van der Waals surface area contributed by atoms with Gasteiger partial charge in [-0.3, -0.25) is 9.59 Å². The summed E-state index contributed by atoms with van der Waals surface area (Å²) in [4.78, 5) is 39.4. The maximum Gasteiger partial charge on any atom is 0.456 e. The molecule has 44 heavy (non-hydrogen) atoms. The van der Waals surface area contributed by atoms with Gasteiger partial charge in [0, 0.05) is 49.5 Å². The third-order valence-corrected chi connectivity index (χ3v) is 11.2. The van der Waals surface area contributed by atoms with Gasteiger partial charge >= 0.3 is 18.2 Å². The summed E-state index contributed by atoms with van der Waals surface area (Å²) in [6.07, 6.45) is -4.35. The van der Waals surface area contributed by atoms with Gasteiger partial charge in [0.05, 0.1) is 0 Å². The summed E-state index contributed by atoms with van der Waals surface area (Å²) in [6.45, 7) is 2.20. The van der Waals surface area contributed by atoms with Crippen molar-refractivity contribution in [1.29, 1.82) is 0 Å². The molecule has 5 aliphatic rings. The summed E-state index contributed by atoms with van der Waals surface area (Å²) < 4.78 is 71.7. The Labute approximate surface area is 251 Å². The Kier molecular flexibility index (Phi) is 7.25. The quantitative estimate of drug-likeness (QED) is 0.406. The number of amides is 2. The van der Waals surface area contributed by atoms with E-state index >= 15 is 8.78 Å². The molecule has 1 aliphatic heterocycles. The standard InChI is InChI=1S/C32H35F5N2O5/c1-29-17-24(18-2-4-19(5-3-18)27(41)38-12-14-39(15-13-38)28(42)43)26-22-9-7-21(40)16-20(22)6-8-23(26)25(29)10-11-30(29,44)31(33,34)32(35,36)37/h2-5,16,23-25,44H,6-15,17H2,1H3,(H,42,43)/t23-,24+,25-,29-,30-/m0/s1. The van der Waals surface area contributed by atoms with E-state index in [0.29, 0.717) is 36.8 Å². The number of carbonyl (C=O) groups is 3. The predicted octanol–water partition coefficient (Wildman–Crippen LogP) is 5.95. The van der Waals surface area contributed by atoms with E-state index in [2.05, 4.69) is 0 Å². The maximum atomic E-state index is 15.2. The second kappa shape index (κ2) is 10.4. The van der Waals surface area contributed by atoms with Crippen LogP contribution in [0.15, 0.2) is 47.1 Å². The SMILES string of the molecule is C[C@]12C[C@H](c3ccc(C(=O)N4CCN(C(=O)O)CC4)cc3)C3=C4CCC(=O)C=C4CC[C@H]3[C@@H]1CC[C@@]2(O)C(F)(F)C(F)(F)F. The number of rotatable bonds is 3. The van der Waals surface area contributed by atoms with Gasteiger partial charge in [0.25, 0.3) is 5.91 Å². The lowest BCUT2D eigenvalue weighted by Crippen LogP contribution is -2.65. The third-order valence-electron chi connectivity index (χ3n) is 11.2. The van der Waals surface area contributed by atoms with Gasteiger partial charge in [0.15, 0.2) is 5.78 Å². The molecule has 0 bridgehead atoms. The summed E-state index contributed by atoms with van der Waals surface area (Å²) in [5, 5.41) is 20.6. The molecule has 0 unspecified atom stereocenters. The van der Waals surface area contributed by atoms with E-state index in [1.165, 1.54) is 11.8 Å². The van der Waals surface area contributed by atoms with E-state index in [1.54, 1.807) is 35.2 Å². The Morgan fingerprint density at radius 2 is 1.57 bits per heavy atom. The maximum absolute atomic E-state index is 15.2. The minimum atomic E-state index is -5.92. The molecule has 7 nitrogen and oxygen atoms in total. The van der Waals surface area contributed by atoms with Crippen LogP contribution in [0, 0.1) is 17.3 Å². The molecule has 2 amide bonds. The van der Waals surface area contributed by atoms with E-state index in [9.17, 15) is 37.8 Å². The number of fused-ring (bicyclic) bond motifs is 4. The van der Waals surface area contributed by atoms with E-state index in [-0.39, 0.29) is 56.6 Å². The average Bonchev–Trinajstić information content (AvgIpc) is 3.27. The number of benzene rings is 1. The van der Waals surface area contributed by atoms with Crippen molar-refractivity contribution in [3.63, 3.8) is 0 Å². The summed E-state index contributed by atoms with van der Waals surface area (Å²) in [5.74, 6) is -7.11. The highest BCUT2D eigenvalue weighted by Gasteiger charge is 2.79. The largest absolute Gasteiger partial charge is 0.465 e. The number of hydrogen-bond donors (Lipinski definition) is 2. The fraction of sp³-hybridized carbons (Fsp3) is 0.594. The zero-order valence-electron chi connectivity index (χ0n) is 24.3. The number of allylic oxidation sites excluding steroid dienone is 4. The minimum Gasteiger partial charge on any atom is -0.465 e. The van der Waals surface area contributed by atoms with Crippen molar-refractivity contribution >= 4 is 17.8 Å². The van der Waals surface area contributed by atoms with E-state index in [1.807, 2.05) is 0 Å². The van der Waals surface area contributed by atoms with Crippen molar-refractivity contribution in [2.45, 2.75) is 75.5 Å². The molecule has 0 spiro atoms. The zero-order chi connectivity index (χ0) is 31.8. The van der Waals surface area contributed by atoms with Gasteiger partial charge in [-0.2, -0.15) is 22.0 Å². The van der Waals surface area contributed by atoms with Gasteiger partial charge in [-0.05, 0) is 85.3 Å². The van der Waals surface area contributed by atoms with Gasteiger partial charge in [-0.1, -0.05) is 24.6 Å². The molecule has 238 valence electrons. The van der Waals surface area contributed by atoms with Crippen LogP contribution < -0.4 is 0 Å². The zero-order valence-corrected chi connectivity index (χ0v) is 24.3.